The number of aromatic amines is 1. The van der Waals surface area contributed by atoms with Crippen LogP contribution in [-0.4, -0.2) is 79.3 Å². The lowest BCUT2D eigenvalue weighted by atomic mass is 9.99. The normalized spacial score (nSPS) is 16.5. The second kappa shape index (κ2) is 11.9. The predicted octanol–water partition coefficient (Wildman–Crippen LogP) is 3.21. The van der Waals surface area contributed by atoms with Gasteiger partial charge in [-0.15, -0.1) is 0 Å². The molecule has 5 rings (SSSR count). The average Bonchev–Trinajstić information content (AvgIpc) is 3.34. The minimum Gasteiger partial charge on any atom is -0.369 e. The maximum Gasteiger partial charge on any atom is 0.243 e. The molecule has 2 aliphatic rings. The number of benzene rings is 2. The molecule has 1 aromatic heterocycles. The van der Waals surface area contributed by atoms with E-state index < -0.39 is 26.6 Å². The van der Waals surface area contributed by atoms with Crippen molar-refractivity contribution >= 4 is 33.1 Å². The summed E-state index contributed by atoms with van der Waals surface area (Å²) in [4.78, 5) is 30.3. The molecule has 2 aromatic carbocycles. The summed E-state index contributed by atoms with van der Waals surface area (Å²) in [5.74, 6) is -2.77. The molecule has 224 valence electrons. The van der Waals surface area contributed by atoms with Crippen molar-refractivity contribution < 1.29 is 26.8 Å². The maximum absolute atomic E-state index is 13.8. The lowest BCUT2D eigenvalue weighted by Crippen LogP contribution is -2.44. The Hall–Kier alpha value is -3.68. The minimum absolute atomic E-state index is 0.0855. The largest absolute Gasteiger partial charge is 0.369 e. The standard InChI is InChI=1S/C29H34F2N6O4S/c1-18(2)29(39)32-26-15-21(36-10-8-35(3)9-11-36)4-5-23(26)28(38)16-27-24-17-37(7-6-25(24)33-34-27)42(40,41)22-13-19(30)12-20(31)14-22/h4-5,12-15,18H,6-11,16-17H2,1-3H3,(H,32,39)(H,33,34). The molecule has 0 saturated carbocycles. The molecule has 13 heteroatoms. The van der Waals surface area contributed by atoms with Crippen LogP contribution in [0.1, 0.15) is 41.2 Å². The quantitative estimate of drug-likeness (QED) is 0.381. The fraction of sp³-hybridized carbons (Fsp3) is 0.414. The Morgan fingerprint density at radius 3 is 2.38 bits per heavy atom. The van der Waals surface area contributed by atoms with Crippen molar-refractivity contribution in [1.82, 2.24) is 19.4 Å². The van der Waals surface area contributed by atoms with Crippen LogP contribution in [0, 0.1) is 17.6 Å². The highest BCUT2D eigenvalue weighted by atomic mass is 32.2. The number of anilines is 2. The monoisotopic (exact) mass is 600 g/mol. The van der Waals surface area contributed by atoms with Gasteiger partial charge in [-0.25, -0.2) is 17.2 Å². The first-order valence-corrected chi connectivity index (χ1v) is 15.3. The molecule has 0 radical (unpaired) electrons. The van der Waals surface area contributed by atoms with E-state index in [9.17, 15) is 26.8 Å². The lowest BCUT2D eigenvalue weighted by Gasteiger charge is -2.34. The number of aromatic nitrogens is 2. The summed E-state index contributed by atoms with van der Waals surface area (Å²) in [5, 5.41) is 10.1. The third kappa shape index (κ3) is 6.22. The lowest BCUT2D eigenvalue weighted by molar-refractivity contribution is -0.118. The van der Waals surface area contributed by atoms with Crippen LogP contribution in [0.2, 0.25) is 0 Å². The topological polar surface area (TPSA) is 119 Å². The van der Waals surface area contributed by atoms with E-state index in [2.05, 4.69) is 32.4 Å². The molecule has 0 atom stereocenters. The third-order valence-corrected chi connectivity index (χ3v) is 9.56. The van der Waals surface area contributed by atoms with Crippen molar-refractivity contribution in [1.29, 1.82) is 0 Å². The van der Waals surface area contributed by atoms with E-state index in [1.54, 1.807) is 19.9 Å². The molecule has 2 aliphatic heterocycles. The Labute approximate surface area is 243 Å². The minimum atomic E-state index is -4.20. The number of hydrogen-bond acceptors (Lipinski definition) is 7. The Morgan fingerprint density at radius 1 is 1.02 bits per heavy atom. The van der Waals surface area contributed by atoms with Gasteiger partial charge < -0.3 is 15.1 Å². The summed E-state index contributed by atoms with van der Waals surface area (Å²) >= 11 is 0. The molecular weight excluding hydrogens is 566 g/mol. The smallest absolute Gasteiger partial charge is 0.243 e. The molecule has 1 amide bonds. The van der Waals surface area contributed by atoms with E-state index in [4.69, 9.17) is 0 Å². The zero-order valence-electron chi connectivity index (χ0n) is 23.8. The number of Topliss-reactive ketones (excluding diaryl/α,β-unsaturated/α-hetero) is 1. The molecule has 0 bridgehead atoms. The maximum atomic E-state index is 13.8. The van der Waals surface area contributed by atoms with Crippen LogP contribution < -0.4 is 10.2 Å². The van der Waals surface area contributed by atoms with Crippen molar-refractivity contribution in [2.45, 2.75) is 38.1 Å². The van der Waals surface area contributed by atoms with E-state index >= 15 is 0 Å². The van der Waals surface area contributed by atoms with Crippen LogP contribution >= 0.6 is 0 Å². The second-order valence-corrected chi connectivity index (χ2v) is 13.0. The first-order chi connectivity index (χ1) is 19.9. The van der Waals surface area contributed by atoms with Gasteiger partial charge in [0.25, 0.3) is 0 Å². The number of rotatable bonds is 8. The number of H-pyrrole nitrogens is 1. The molecule has 2 N–H and O–H groups in total. The predicted molar refractivity (Wildman–Crippen MR) is 154 cm³/mol. The fourth-order valence-corrected chi connectivity index (χ4v) is 6.62. The summed E-state index contributed by atoms with van der Waals surface area (Å²) in [6, 6.07) is 7.59. The number of nitrogens with zero attached hydrogens (tertiary/aromatic N) is 4. The first kappa shape index (κ1) is 29.8. The van der Waals surface area contributed by atoms with Gasteiger partial charge in [0.05, 0.1) is 22.7 Å². The zero-order chi connectivity index (χ0) is 30.2. The van der Waals surface area contributed by atoms with Crippen LogP contribution in [0.5, 0.6) is 0 Å². The molecule has 10 nitrogen and oxygen atoms in total. The fourth-order valence-electron chi connectivity index (χ4n) is 5.17. The van der Waals surface area contributed by atoms with E-state index in [0.717, 1.165) is 48.3 Å². The Morgan fingerprint density at radius 2 is 1.71 bits per heavy atom. The van der Waals surface area contributed by atoms with Crippen molar-refractivity contribution in [3.05, 3.63) is 70.5 Å². The van der Waals surface area contributed by atoms with E-state index in [-0.39, 0.29) is 37.1 Å². The molecule has 0 unspecified atom stereocenters. The summed E-state index contributed by atoms with van der Waals surface area (Å²) < 4.78 is 55.1. The van der Waals surface area contributed by atoms with Gasteiger partial charge in [0, 0.05) is 80.2 Å². The van der Waals surface area contributed by atoms with Crippen LogP contribution in [-0.2, 0) is 34.2 Å². The molecule has 3 heterocycles. The van der Waals surface area contributed by atoms with E-state index in [1.165, 1.54) is 0 Å². The highest BCUT2D eigenvalue weighted by molar-refractivity contribution is 7.89. The second-order valence-electron chi connectivity index (χ2n) is 11.1. The van der Waals surface area contributed by atoms with Crippen molar-refractivity contribution in [2.75, 3.05) is 50.0 Å². The number of piperazine rings is 1. The van der Waals surface area contributed by atoms with Crippen LogP contribution in [0.3, 0.4) is 0 Å². The SMILES string of the molecule is CC(C)C(=O)Nc1cc(N2CCN(C)CC2)ccc1C(=O)Cc1n[nH]c2c1CN(S(=O)(=O)c1cc(F)cc(F)c1)CC2. The van der Waals surface area contributed by atoms with Gasteiger partial charge >= 0.3 is 0 Å². The molecule has 1 saturated heterocycles. The first-order valence-electron chi connectivity index (χ1n) is 13.8. The van der Waals surface area contributed by atoms with Crippen molar-refractivity contribution in [3.8, 4) is 0 Å². The number of likely N-dealkylation sites (N-methyl/N-ethyl adjacent to an activating group) is 1. The number of carbonyl (C=O) groups excluding carboxylic acids is 2. The molecule has 0 spiro atoms. The van der Waals surface area contributed by atoms with Crippen LogP contribution in [0.15, 0.2) is 41.3 Å². The van der Waals surface area contributed by atoms with Gasteiger partial charge in [-0.2, -0.15) is 9.40 Å². The van der Waals surface area contributed by atoms with Gasteiger partial charge in [0.15, 0.2) is 5.78 Å². The summed E-state index contributed by atoms with van der Waals surface area (Å²) in [7, 11) is -2.13. The number of sulfonamides is 1. The van der Waals surface area contributed by atoms with E-state index in [1.807, 2.05) is 12.1 Å². The average molecular weight is 601 g/mol. The van der Waals surface area contributed by atoms with Gasteiger partial charge in [-0.05, 0) is 37.4 Å². The Kier molecular flexibility index (Phi) is 8.44. The van der Waals surface area contributed by atoms with Gasteiger partial charge in [-0.3, -0.25) is 14.7 Å². The summed E-state index contributed by atoms with van der Waals surface area (Å²) in [6.45, 7) is 6.98. The van der Waals surface area contributed by atoms with Gasteiger partial charge in [0.1, 0.15) is 11.6 Å². The molecule has 3 aromatic rings. The third-order valence-electron chi connectivity index (χ3n) is 7.74. The van der Waals surface area contributed by atoms with Crippen molar-refractivity contribution in [3.63, 3.8) is 0 Å². The molecule has 1 fully saturated rings. The number of halogens is 2. The van der Waals surface area contributed by atoms with E-state index in [0.29, 0.717) is 40.7 Å². The van der Waals surface area contributed by atoms with Gasteiger partial charge in [0.2, 0.25) is 15.9 Å². The highest BCUT2D eigenvalue weighted by Crippen LogP contribution is 2.30. The molecule has 42 heavy (non-hydrogen) atoms. The molecular formula is C29H34F2N6O4S. The summed E-state index contributed by atoms with van der Waals surface area (Å²) in [6.07, 6.45) is 0.162. The van der Waals surface area contributed by atoms with Gasteiger partial charge in [-0.1, -0.05) is 13.8 Å². The highest BCUT2D eigenvalue weighted by Gasteiger charge is 2.32. The number of fused-ring (bicyclic) bond motifs is 1. The Bertz CT molecular complexity index is 1600. The summed E-state index contributed by atoms with van der Waals surface area (Å²) in [5.41, 5.74) is 3.28. The number of ketones is 1. The number of amides is 1. The Balaban J connectivity index is 1.39. The number of carbonyl (C=O) groups is 2. The van der Waals surface area contributed by atoms with Crippen LogP contribution in [0.25, 0.3) is 0 Å². The zero-order valence-corrected chi connectivity index (χ0v) is 24.6. The van der Waals surface area contributed by atoms with Crippen molar-refractivity contribution in [2.24, 2.45) is 5.92 Å². The molecule has 0 aliphatic carbocycles. The number of hydrogen-bond donors (Lipinski definition) is 2. The number of nitrogens with one attached hydrogen (secondary N) is 2. The van der Waals surface area contributed by atoms with Crippen LogP contribution in [0.4, 0.5) is 20.2 Å².